The predicted molar refractivity (Wildman–Crippen MR) is 95.5 cm³/mol. The number of benzene rings is 1. The maximum Gasteiger partial charge on any atom is 0.493 e. The van der Waals surface area contributed by atoms with Crippen LogP contribution in [0.5, 0.6) is 0 Å². The van der Waals surface area contributed by atoms with E-state index in [2.05, 4.69) is 0 Å². The number of nitrogens with zero attached hydrogens (tertiary/aromatic N) is 1. The summed E-state index contributed by atoms with van der Waals surface area (Å²) in [5.41, 5.74) is -0.847. The average molecular weight is 345 g/mol. The van der Waals surface area contributed by atoms with E-state index in [4.69, 9.17) is 9.39 Å². The van der Waals surface area contributed by atoms with Gasteiger partial charge in [0, 0.05) is 17.9 Å². The van der Waals surface area contributed by atoms with Crippen molar-refractivity contribution in [3.05, 3.63) is 54.4 Å². The maximum absolute atomic E-state index is 12.1. The molecule has 1 aromatic carbocycles. The lowest BCUT2D eigenvalue weighted by Crippen LogP contribution is -2.53. The van der Waals surface area contributed by atoms with Crippen molar-refractivity contribution in [1.29, 1.82) is 0 Å². The zero-order valence-corrected chi connectivity index (χ0v) is 15.0. The number of carbonyl (C=O) groups excluding carboxylic acids is 1. The van der Waals surface area contributed by atoms with Crippen molar-refractivity contribution in [2.24, 2.45) is 0 Å². The first kappa shape index (κ1) is 19.2. The van der Waals surface area contributed by atoms with Crippen LogP contribution in [0.25, 0.3) is 0 Å². The van der Waals surface area contributed by atoms with Crippen LogP contribution in [-0.4, -0.2) is 39.1 Å². The second-order valence-electron chi connectivity index (χ2n) is 6.93. The van der Waals surface area contributed by atoms with E-state index in [1.807, 2.05) is 30.3 Å². The average Bonchev–Trinajstić information content (AvgIpc) is 3.02. The van der Waals surface area contributed by atoms with Gasteiger partial charge in [-0.2, -0.15) is 0 Å². The largest absolute Gasteiger partial charge is 0.493 e. The second-order valence-corrected chi connectivity index (χ2v) is 6.93. The molecule has 0 saturated heterocycles. The molecule has 0 aliphatic heterocycles. The third-order valence-corrected chi connectivity index (χ3v) is 4.30. The Morgan fingerprint density at radius 2 is 1.80 bits per heavy atom. The molecule has 0 bridgehead atoms. The molecule has 7 heteroatoms. The number of ether oxygens (including phenoxy) is 1. The number of hydrogen-bond donors (Lipinski definition) is 2. The fourth-order valence-corrected chi connectivity index (χ4v) is 1.96. The van der Waals surface area contributed by atoms with E-state index in [-0.39, 0.29) is 6.61 Å². The van der Waals surface area contributed by atoms with Crippen LogP contribution in [0.4, 0.5) is 4.79 Å². The van der Waals surface area contributed by atoms with Crippen LogP contribution in [0, 0.1) is 0 Å². The molecule has 1 heterocycles. The SMILES string of the molecule is CC(C)(O)C(C)(C)OB(O)c1ccn(C(=O)OCc2ccccc2)c1. The summed E-state index contributed by atoms with van der Waals surface area (Å²) in [6, 6.07) is 10.9. The molecule has 0 fully saturated rings. The van der Waals surface area contributed by atoms with Gasteiger partial charge < -0.3 is 19.5 Å². The minimum atomic E-state index is -1.27. The van der Waals surface area contributed by atoms with E-state index < -0.39 is 24.4 Å². The minimum Gasteiger partial charge on any atom is -0.444 e. The standard InChI is InChI=1S/C18H24BNO5/c1-17(2,22)18(3,4)25-19(23)15-10-11-20(12-15)16(21)24-13-14-8-6-5-7-9-14/h5-12,22-23H,13H2,1-4H3. The Hall–Kier alpha value is -2.09. The van der Waals surface area contributed by atoms with Crippen molar-refractivity contribution in [1.82, 2.24) is 4.57 Å². The first-order chi connectivity index (χ1) is 11.6. The molecule has 1 aromatic heterocycles. The molecule has 0 aliphatic rings. The van der Waals surface area contributed by atoms with E-state index in [0.29, 0.717) is 5.46 Å². The summed E-state index contributed by atoms with van der Waals surface area (Å²) in [5, 5.41) is 20.3. The lowest BCUT2D eigenvalue weighted by atomic mass is 9.78. The second kappa shape index (κ2) is 7.43. The normalized spacial score (nSPS) is 12.1. The molecule has 2 rings (SSSR count). The Bertz CT molecular complexity index is 706. The zero-order valence-electron chi connectivity index (χ0n) is 15.0. The van der Waals surface area contributed by atoms with E-state index in [1.54, 1.807) is 33.8 Å². The number of carbonyl (C=O) groups is 1. The van der Waals surface area contributed by atoms with Crippen LogP contribution >= 0.6 is 0 Å². The molecule has 0 saturated carbocycles. The first-order valence-corrected chi connectivity index (χ1v) is 8.07. The first-order valence-electron chi connectivity index (χ1n) is 8.07. The highest BCUT2D eigenvalue weighted by atomic mass is 16.6. The van der Waals surface area contributed by atoms with Gasteiger partial charge in [0.2, 0.25) is 0 Å². The van der Waals surface area contributed by atoms with Crippen LogP contribution < -0.4 is 5.46 Å². The summed E-state index contributed by atoms with van der Waals surface area (Å²) >= 11 is 0. The molecule has 2 N–H and O–H groups in total. The van der Waals surface area contributed by atoms with Gasteiger partial charge in [-0.15, -0.1) is 0 Å². The fourth-order valence-electron chi connectivity index (χ4n) is 1.96. The number of rotatable bonds is 6. The summed E-state index contributed by atoms with van der Waals surface area (Å²) in [4.78, 5) is 12.1. The quantitative estimate of drug-likeness (QED) is 0.782. The third kappa shape index (κ3) is 4.95. The van der Waals surface area contributed by atoms with Crippen LogP contribution in [0.1, 0.15) is 33.3 Å². The molecule has 0 aliphatic carbocycles. The van der Waals surface area contributed by atoms with Gasteiger partial charge in [0.1, 0.15) is 6.61 Å². The molecule has 0 radical (unpaired) electrons. The van der Waals surface area contributed by atoms with E-state index in [0.717, 1.165) is 5.56 Å². The molecule has 0 unspecified atom stereocenters. The molecule has 25 heavy (non-hydrogen) atoms. The van der Waals surface area contributed by atoms with Gasteiger partial charge in [-0.3, -0.25) is 4.57 Å². The molecule has 0 amide bonds. The summed E-state index contributed by atoms with van der Waals surface area (Å²) in [6.07, 6.45) is 2.38. The number of aliphatic hydroxyl groups is 1. The lowest BCUT2D eigenvalue weighted by Gasteiger charge is -2.38. The van der Waals surface area contributed by atoms with Gasteiger partial charge in [-0.25, -0.2) is 4.79 Å². The number of aromatic nitrogens is 1. The van der Waals surface area contributed by atoms with E-state index in [1.165, 1.54) is 17.0 Å². The van der Waals surface area contributed by atoms with E-state index >= 15 is 0 Å². The summed E-state index contributed by atoms with van der Waals surface area (Å²) in [7, 11) is -1.27. The highest BCUT2D eigenvalue weighted by Crippen LogP contribution is 2.25. The van der Waals surface area contributed by atoms with Crippen molar-refractivity contribution in [2.45, 2.75) is 45.5 Å². The lowest BCUT2D eigenvalue weighted by molar-refractivity contribution is -0.0982. The Morgan fingerprint density at radius 3 is 2.40 bits per heavy atom. The van der Waals surface area contributed by atoms with Crippen LogP contribution in [0.15, 0.2) is 48.8 Å². The molecule has 2 aromatic rings. The summed E-state index contributed by atoms with van der Waals surface area (Å²) in [6.45, 7) is 6.73. The molecule has 134 valence electrons. The van der Waals surface area contributed by atoms with Gasteiger partial charge in [-0.05, 0) is 39.3 Å². The Labute approximate surface area is 148 Å². The Balaban J connectivity index is 1.98. The highest BCUT2D eigenvalue weighted by Gasteiger charge is 2.39. The van der Waals surface area contributed by atoms with Crippen molar-refractivity contribution in [3.63, 3.8) is 0 Å². The maximum atomic E-state index is 12.1. The molecular weight excluding hydrogens is 321 g/mol. The monoisotopic (exact) mass is 345 g/mol. The summed E-state index contributed by atoms with van der Waals surface area (Å²) < 4.78 is 12.0. The van der Waals surface area contributed by atoms with Gasteiger partial charge >= 0.3 is 13.2 Å². The van der Waals surface area contributed by atoms with Gasteiger partial charge in [0.05, 0.1) is 11.2 Å². The zero-order chi connectivity index (χ0) is 18.7. The smallest absolute Gasteiger partial charge is 0.444 e. The molecule has 0 spiro atoms. The molecule has 0 atom stereocenters. The predicted octanol–water partition coefficient (Wildman–Crippen LogP) is 1.93. The van der Waals surface area contributed by atoms with Crippen molar-refractivity contribution in [3.8, 4) is 0 Å². The highest BCUT2D eigenvalue weighted by molar-refractivity contribution is 6.60. The Kier molecular flexibility index (Phi) is 5.72. The fraction of sp³-hybridized carbons (Fsp3) is 0.389. The van der Waals surface area contributed by atoms with E-state index in [9.17, 15) is 14.9 Å². The molecule has 6 nitrogen and oxygen atoms in total. The van der Waals surface area contributed by atoms with Crippen molar-refractivity contribution >= 4 is 18.7 Å². The minimum absolute atomic E-state index is 0.165. The molecular formula is C18H24BNO5. The van der Waals surface area contributed by atoms with Gasteiger partial charge in [-0.1, -0.05) is 30.3 Å². The number of hydrogen-bond acceptors (Lipinski definition) is 5. The van der Waals surface area contributed by atoms with Gasteiger partial charge in [0.15, 0.2) is 0 Å². The van der Waals surface area contributed by atoms with Crippen LogP contribution in [-0.2, 0) is 16.0 Å². The summed E-state index contributed by atoms with van der Waals surface area (Å²) in [5.74, 6) is 0. The van der Waals surface area contributed by atoms with Crippen molar-refractivity contribution in [2.75, 3.05) is 0 Å². The van der Waals surface area contributed by atoms with Crippen molar-refractivity contribution < 1.29 is 24.3 Å². The van der Waals surface area contributed by atoms with Crippen LogP contribution in [0.3, 0.4) is 0 Å². The third-order valence-electron chi connectivity index (χ3n) is 4.30. The van der Waals surface area contributed by atoms with Gasteiger partial charge in [0.25, 0.3) is 0 Å². The Morgan fingerprint density at radius 1 is 1.16 bits per heavy atom. The van der Waals surface area contributed by atoms with Crippen LogP contribution in [0.2, 0.25) is 0 Å². The topological polar surface area (TPSA) is 80.9 Å².